The van der Waals surface area contributed by atoms with Gasteiger partial charge in [0.1, 0.15) is 0 Å². The summed E-state index contributed by atoms with van der Waals surface area (Å²) < 4.78 is 0. The SMILES string of the molecule is CC(C)(c1ccccc1)c1ccccc1Nc1nc(-c2ccccc2)c(-c2ccccc2)nc1N1c2ccccc2C(C)(C)C2C=CC=CC21. The molecule has 0 fully saturated rings. The van der Waals surface area contributed by atoms with Gasteiger partial charge >= 0.3 is 0 Å². The highest BCUT2D eigenvalue weighted by Gasteiger charge is 2.46. The number of anilines is 4. The third-order valence-corrected chi connectivity index (χ3v) is 10.6. The summed E-state index contributed by atoms with van der Waals surface area (Å²) in [5, 5.41) is 3.89. The molecule has 4 heteroatoms. The largest absolute Gasteiger partial charge is 0.337 e. The van der Waals surface area contributed by atoms with E-state index in [9.17, 15) is 0 Å². The number of hydrogen-bond acceptors (Lipinski definition) is 4. The summed E-state index contributed by atoms with van der Waals surface area (Å²) in [4.78, 5) is 13.7. The number of allylic oxidation sites excluding steroid dienone is 2. The first-order valence-corrected chi connectivity index (χ1v) is 17.5. The van der Waals surface area contributed by atoms with Crippen LogP contribution in [0.1, 0.15) is 44.4 Å². The van der Waals surface area contributed by atoms with Crippen LogP contribution in [0.25, 0.3) is 22.5 Å². The third-order valence-electron chi connectivity index (χ3n) is 10.6. The zero-order valence-electron chi connectivity index (χ0n) is 29.1. The molecular formula is C46H42N4. The third kappa shape index (κ3) is 5.42. The minimum Gasteiger partial charge on any atom is -0.337 e. The Hall–Kier alpha value is -5.74. The molecular weight excluding hydrogens is 609 g/mol. The van der Waals surface area contributed by atoms with Crippen molar-refractivity contribution in [2.75, 3.05) is 10.2 Å². The van der Waals surface area contributed by atoms with Gasteiger partial charge in [0.25, 0.3) is 0 Å². The number of para-hydroxylation sites is 2. The normalized spacial score (nSPS) is 17.6. The highest BCUT2D eigenvalue weighted by molar-refractivity contribution is 5.87. The van der Waals surface area contributed by atoms with E-state index in [2.05, 4.69) is 190 Å². The molecule has 50 heavy (non-hydrogen) atoms. The number of rotatable bonds is 7. The van der Waals surface area contributed by atoms with Gasteiger partial charge in [-0.3, -0.25) is 0 Å². The Kier molecular flexibility index (Phi) is 7.95. The fourth-order valence-corrected chi connectivity index (χ4v) is 7.88. The summed E-state index contributed by atoms with van der Waals surface area (Å²) in [7, 11) is 0. The Morgan fingerprint density at radius 3 is 1.88 bits per heavy atom. The quantitative estimate of drug-likeness (QED) is 0.187. The summed E-state index contributed by atoms with van der Waals surface area (Å²) in [6.07, 6.45) is 9.05. The van der Waals surface area contributed by atoms with Gasteiger partial charge in [-0.15, -0.1) is 0 Å². The summed E-state index contributed by atoms with van der Waals surface area (Å²) >= 11 is 0. The predicted molar refractivity (Wildman–Crippen MR) is 208 cm³/mol. The fourth-order valence-electron chi connectivity index (χ4n) is 7.88. The van der Waals surface area contributed by atoms with Gasteiger partial charge in [0.2, 0.25) is 0 Å². The first-order valence-electron chi connectivity index (χ1n) is 17.5. The summed E-state index contributed by atoms with van der Waals surface area (Å²) in [5.74, 6) is 1.75. The number of fused-ring (bicyclic) bond motifs is 2. The van der Waals surface area contributed by atoms with Crippen molar-refractivity contribution in [3.05, 3.63) is 181 Å². The van der Waals surface area contributed by atoms with Crippen LogP contribution in [0.4, 0.5) is 23.0 Å². The van der Waals surface area contributed by atoms with Gasteiger partial charge in [-0.1, -0.05) is 179 Å². The molecule has 2 heterocycles. The summed E-state index contributed by atoms with van der Waals surface area (Å²) in [5.41, 5.74) is 9.27. The Bertz CT molecular complexity index is 2200. The van der Waals surface area contributed by atoms with E-state index in [0.717, 1.165) is 45.5 Å². The van der Waals surface area contributed by atoms with Gasteiger partial charge < -0.3 is 10.2 Å². The van der Waals surface area contributed by atoms with Crippen LogP contribution in [0, 0.1) is 5.92 Å². The van der Waals surface area contributed by atoms with Crippen LogP contribution in [-0.2, 0) is 10.8 Å². The second kappa shape index (κ2) is 12.6. The number of aromatic nitrogens is 2. The van der Waals surface area contributed by atoms with Crippen LogP contribution in [0.2, 0.25) is 0 Å². The van der Waals surface area contributed by atoms with E-state index in [1.54, 1.807) is 0 Å². The molecule has 1 aliphatic carbocycles. The molecule has 0 spiro atoms. The van der Waals surface area contributed by atoms with Crippen LogP contribution in [-0.4, -0.2) is 16.0 Å². The predicted octanol–water partition coefficient (Wildman–Crippen LogP) is 11.4. The van der Waals surface area contributed by atoms with Gasteiger partial charge in [0, 0.05) is 39.2 Å². The van der Waals surface area contributed by atoms with Crippen LogP contribution in [0.3, 0.4) is 0 Å². The summed E-state index contributed by atoms with van der Waals surface area (Å²) in [6.45, 7) is 9.31. The van der Waals surface area contributed by atoms with E-state index >= 15 is 0 Å². The second-order valence-electron chi connectivity index (χ2n) is 14.4. The minimum absolute atomic E-state index is 0.0435. The van der Waals surface area contributed by atoms with E-state index in [4.69, 9.17) is 9.97 Å². The average Bonchev–Trinajstić information content (AvgIpc) is 3.16. The molecule has 1 aromatic heterocycles. The van der Waals surface area contributed by atoms with Crippen molar-refractivity contribution in [2.24, 2.45) is 5.92 Å². The molecule has 0 radical (unpaired) electrons. The van der Waals surface area contributed by atoms with Crippen molar-refractivity contribution in [2.45, 2.75) is 44.6 Å². The van der Waals surface area contributed by atoms with Gasteiger partial charge in [-0.2, -0.15) is 0 Å². The minimum atomic E-state index is -0.269. The molecule has 1 N–H and O–H groups in total. The Labute approximate surface area is 295 Å². The van der Waals surface area contributed by atoms with Crippen LogP contribution >= 0.6 is 0 Å². The standard InChI is InChI=1S/C46H42N4/c1-45(2,34-24-12-7-13-25-34)35-26-14-17-29-38(35)47-43-44(49-42(33-22-10-6-11-23-33)41(48-43)32-20-8-5-9-21-32)50-39-30-18-15-27-36(39)46(3,4)37-28-16-19-31-40(37)50/h5-31,36,39H,1-4H3,(H,47,48). The van der Waals surface area contributed by atoms with E-state index in [-0.39, 0.29) is 22.8 Å². The number of nitrogens with one attached hydrogen (secondary N) is 1. The zero-order valence-corrected chi connectivity index (χ0v) is 29.1. The molecule has 8 rings (SSSR count). The second-order valence-corrected chi connectivity index (χ2v) is 14.4. The average molecular weight is 651 g/mol. The number of benzene rings is 5. The smallest absolute Gasteiger partial charge is 0.177 e. The maximum Gasteiger partial charge on any atom is 0.177 e. The van der Waals surface area contributed by atoms with Crippen LogP contribution in [0.15, 0.2) is 164 Å². The van der Waals surface area contributed by atoms with E-state index in [1.807, 2.05) is 12.1 Å². The lowest BCUT2D eigenvalue weighted by atomic mass is 9.65. The van der Waals surface area contributed by atoms with Crippen LogP contribution in [0.5, 0.6) is 0 Å². The lowest BCUT2D eigenvalue weighted by Gasteiger charge is -2.50. The van der Waals surface area contributed by atoms with E-state index < -0.39 is 0 Å². The maximum atomic E-state index is 5.67. The summed E-state index contributed by atoms with van der Waals surface area (Å²) in [6, 6.07) is 49.1. The first-order chi connectivity index (χ1) is 24.3. The highest BCUT2D eigenvalue weighted by Crippen LogP contribution is 2.52. The van der Waals surface area contributed by atoms with Crippen molar-refractivity contribution >= 4 is 23.0 Å². The molecule has 5 aromatic carbocycles. The Morgan fingerprint density at radius 1 is 0.620 bits per heavy atom. The van der Waals surface area contributed by atoms with Gasteiger partial charge in [0.15, 0.2) is 11.6 Å². The first kappa shape index (κ1) is 31.5. The van der Waals surface area contributed by atoms with Gasteiger partial charge in [0.05, 0.1) is 17.4 Å². The molecule has 2 unspecified atom stereocenters. The van der Waals surface area contributed by atoms with E-state index in [0.29, 0.717) is 0 Å². The van der Waals surface area contributed by atoms with Crippen LogP contribution < -0.4 is 10.2 Å². The molecule has 0 bridgehead atoms. The lowest BCUT2D eigenvalue weighted by Crippen LogP contribution is -2.50. The molecule has 0 saturated carbocycles. The molecule has 2 atom stereocenters. The molecule has 4 nitrogen and oxygen atoms in total. The topological polar surface area (TPSA) is 41.1 Å². The molecule has 6 aromatic rings. The zero-order chi connectivity index (χ0) is 34.3. The molecule has 246 valence electrons. The van der Waals surface area contributed by atoms with Crippen molar-refractivity contribution in [3.8, 4) is 22.5 Å². The number of hydrogen-bond donors (Lipinski definition) is 1. The van der Waals surface area contributed by atoms with Crippen molar-refractivity contribution in [3.63, 3.8) is 0 Å². The van der Waals surface area contributed by atoms with Crippen molar-refractivity contribution in [1.82, 2.24) is 9.97 Å². The monoisotopic (exact) mass is 650 g/mol. The highest BCUT2D eigenvalue weighted by atomic mass is 15.3. The molecule has 1 aliphatic heterocycles. The Balaban J connectivity index is 1.40. The van der Waals surface area contributed by atoms with E-state index in [1.165, 1.54) is 16.7 Å². The maximum absolute atomic E-state index is 5.67. The molecule has 0 amide bonds. The van der Waals surface area contributed by atoms with Gasteiger partial charge in [-0.25, -0.2) is 9.97 Å². The van der Waals surface area contributed by atoms with Gasteiger partial charge in [-0.05, 0) is 28.8 Å². The molecule has 2 aliphatic rings. The molecule has 0 saturated heterocycles. The Morgan fingerprint density at radius 2 is 1.18 bits per heavy atom. The lowest BCUT2D eigenvalue weighted by molar-refractivity contribution is 0.331. The van der Waals surface area contributed by atoms with Crippen molar-refractivity contribution in [1.29, 1.82) is 0 Å². The van der Waals surface area contributed by atoms with Crippen molar-refractivity contribution < 1.29 is 0 Å². The number of nitrogens with zero attached hydrogens (tertiary/aromatic N) is 3. The fraction of sp³-hybridized carbons (Fsp3) is 0.174.